The molecule has 0 radical (unpaired) electrons. The molecule has 0 aliphatic rings. The normalized spacial score (nSPS) is 10.1. The second-order valence-corrected chi connectivity index (χ2v) is 3.72. The second kappa shape index (κ2) is 5.57. The first-order chi connectivity index (χ1) is 7.19. The van der Waals surface area contributed by atoms with Crippen molar-refractivity contribution in [3.8, 4) is 6.07 Å². The van der Waals surface area contributed by atoms with Gasteiger partial charge in [0.25, 0.3) is 0 Å². The lowest BCUT2D eigenvalue weighted by Gasteiger charge is -2.15. The predicted octanol–water partition coefficient (Wildman–Crippen LogP) is 3.21. The van der Waals surface area contributed by atoms with E-state index in [0.29, 0.717) is 22.6 Å². The highest BCUT2D eigenvalue weighted by atomic mass is 35.5. The summed E-state index contributed by atoms with van der Waals surface area (Å²) >= 11 is 5.80. The van der Waals surface area contributed by atoms with Gasteiger partial charge in [0, 0.05) is 6.04 Å². The van der Waals surface area contributed by atoms with Crippen LogP contribution in [0.15, 0.2) is 12.1 Å². The van der Waals surface area contributed by atoms with E-state index in [0.717, 1.165) is 12.8 Å². The quantitative estimate of drug-likeness (QED) is 0.798. The number of aromatic nitrogens is 1. The highest BCUT2D eigenvalue weighted by Crippen LogP contribution is 2.15. The monoisotopic (exact) mass is 223 g/mol. The SMILES string of the molecule is CCC(CC)Nc1cc(C#N)cc(Cl)n1. The molecule has 4 heteroatoms. The maximum absolute atomic E-state index is 8.77. The van der Waals surface area contributed by atoms with Gasteiger partial charge in [0.15, 0.2) is 0 Å². The number of nitrogens with one attached hydrogen (secondary N) is 1. The molecule has 15 heavy (non-hydrogen) atoms. The summed E-state index contributed by atoms with van der Waals surface area (Å²) in [6.45, 7) is 4.22. The molecule has 0 aliphatic heterocycles. The molecule has 0 saturated carbocycles. The van der Waals surface area contributed by atoms with Crippen LogP contribution in [0.5, 0.6) is 0 Å². The van der Waals surface area contributed by atoms with Gasteiger partial charge in [-0.2, -0.15) is 5.26 Å². The first-order valence-electron chi connectivity index (χ1n) is 5.03. The Balaban J connectivity index is 2.85. The summed E-state index contributed by atoms with van der Waals surface area (Å²) in [5.41, 5.74) is 0.531. The third-order valence-corrected chi connectivity index (χ3v) is 2.45. The molecule has 0 fully saturated rings. The van der Waals surface area contributed by atoms with Crippen molar-refractivity contribution in [1.82, 2.24) is 4.98 Å². The van der Waals surface area contributed by atoms with Gasteiger partial charge < -0.3 is 5.32 Å². The van der Waals surface area contributed by atoms with Crippen molar-refractivity contribution >= 4 is 17.4 Å². The minimum absolute atomic E-state index is 0.350. The fourth-order valence-corrected chi connectivity index (χ4v) is 1.55. The van der Waals surface area contributed by atoms with Crippen molar-refractivity contribution in [1.29, 1.82) is 5.26 Å². The number of hydrogen-bond acceptors (Lipinski definition) is 3. The summed E-state index contributed by atoms with van der Waals surface area (Å²) in [7, 11) is 0. The van der Waals surface area contributed by atoms with E-state index in [9.17, 15) is 0 Å². The van der Waals surface area contributed by atoms with Crippen LogP contribution >= 0.6 is 11.6 Å². The number of halogens is 1. The van der Waals surface area contributed by atoms with Gasteiger partial charge in [-0.05, 0) is 25.0 Å². The molecule has 80 valence electrons. The molecule has 1 rings (SSSR count). The molecule has 0 saturated heterocycles. The molecule has 0 aromatic carbocycles. The molecule has 1 aromatic rings. The molecule has 1 heterocycles. The Hall–Kier alpha value is -1.27. The van der Waals surface area contributed by atoms with Gasteiger partial charge in [-0.15, -0.1) is 0 Å². The van der Waals surface area contributed by atoms with E-state index in [1.165, 1.54) is 0 Å². The molecular weight excluding hydrogens is 210 g/mol. The van der Waals surface area contributed by atoms with E-state index in [2.05, 4.69) is 30.2 Å². The summed E-state index contributed by atoms with van der Waals surface area (Å²) in [6.07, 6.45) is 2.04. The lowest BCUT2D eigenvalue weighted by molar-refractivity contribution is 0.668. The van der Waals surface area contributed by atoms with Crippen LogP contribution in [-0.2, 0) is 0 Å². The zero-order valence-electron chi connectivity index (χ0n) is 8.92. The first-order valence-corrected chi connectivity index (χ1v) is 5.41. The smallest absolute Gasteiger partial charge is 0.132 e. The highest BCUT2D eigenvalue weighted by molar-refractivity contribution is 6.29. The van der Waals surface area contributed by atoms with E-state index < -0.39 is 0 Å². The van der Waals surface area contributed by atoms with Gasteiger partial charge >= 0.3 is 0 Å². The molecule has 0 amide bonds. The molecule has 1 N–H and O–H groups in total. The fourth-order valence-electron chi connectivity index (χ4n) is 1.34. The molecule has 1 aromatic heterocycles. The van der Waals surface area contributed by atoms with Gasteiger partial charge in [0.05, 0.1) is 11.6 Å². The van der Waals surface area contributed by atoms with Crippen LogP contribution < -0.4 is 5.32 Å². The average Bonchev–Trinajstić information content (AvgIpc) is 2.25. The van der Waals surface area contributed by atoms with Crippen LogP contribution in [0.3, 0.4) is 0 Å². The van der Waals surface area contributed by atoms with E-state index in [-0.39, 0.29) is 0 Å². The Kier molecular flexibility index (Phi) is 4.38. The third kappa shape index (κ3) is 3.41. The van der Waals surface area contributed by atoms with Crippen molar-refractivity contribution in [3.05, 3.63) is 22.8 Å². The second-order valence-electron chi connectivity index (χ2n) is 3.33. The average molecular weight is 224 g/mol. The van der Waals surface area contributed by atoms with E-state index in [4.69, 9.17) is 16.9 Å². The lowest BCUT2D eigenvalue weighted by atomic mass is 10.1. The number of nitriles is 1. The van der Waals surface area contributed by atoms with Gasteiger partial charge in [-0.25, -0.2) is 4.98 Å². The van der Waals surface area contributed by atoms with Crippen LogP contribution in [-0.4, -0.2) is 11.0 Å². The van der Waals surface area contributed by atoms with Crippen molar-refractivity contribution in [2.24, 2.45) is 0 Å². The highest BCUT2D eigenvalue weighted by Gasteiger charge is 2.05. The molecule has 0 spiro atoms. The van der Waals surface area contributed by atoms with Crippen LogP contribution in [0.25, 0.3) is 0 Å². The van der Waals surface area contributed by atoms with Crippen molar-refractivity contribution in [3.63, 3.8) is 0 Å². The van der Waals surface area contributed by atoms with Crippen molar-refractivity contribution < 1.29 is 0 Å². The Morgan fingerprint density at radius 2 is 2.13 bits per heavy atom. The molecule has 3 nitrogen and oxygen atoms in total. The topological polar surface area (TPSA) is 48.7 Å². The predicted molar refractivity (Wildman–Crippen MR) is 62.0 cm³/mol. The Morgan fingerprint density at radius 1 is 1.47 bits per heavy atom. The first kappa shape index (κ1) is 11.8. The maximum Gasteiger partial charge on any atom is 0.132 e. The van der Waals surface area contributed by atoms with Crippen molar-refractivity contribution in [2.75, 3.05) is 5.32 Å². The zero-order chi connectivity index (χ0) is 11.3. The van der Waals surface area contributed by atoms with Crippen molar-refractivity contribution in [2.45, 2.75) is 32.7 Å². The number of anilines is 1. The summed E-state index contributed by atoms with van der Waals surface area (Å²) < 4.78 is 0. The molecule has 0 unspecified atom stereocenters. The van der Waals surface area contributed by atoms with Gasteiger partial charge in [0.2, 0.25) is 0 Å². The van der Waals surface area contributed by atoms with Crippen LogP contribution in [0.1, 0.15) is 32.3 Å². The van der Waals surface area contributed by atoms with Gasteiger partial charge in [0.1, 0.15) is 11.0 Å². The molecule has 0 atom stereocenters. The zero-order valence-corrected chi connectivity index (χ0v) is 9.67. The fraction of sp³-hybridized carbons (Fsp3) is 0.455. The number of pyridine rings is 1. The summed E-state index contributed by atoms with van der Waals surface area (Å²) in [5.74, 6) is 0.674. The standard InChI is InChI=1S/C11H14ClN3/c1-3-9(4-2)14-11-6-8(7-13)5-10(12)15-11/h5-6,9H,3-4H2,1-2H3,(H,14,15). The van der Waals surface area contributed by atoms with Gasteiger partial charge in [-0.1, -0.05) is 25.4 Å². The number of hydrogen-bond donors (Lipinski definition) is 1. The molecular formula is C11H14ClN3. The molecule has 0 bridgehead atoms. The summed E-state index contributed by atoms with van der Waals surface area (Å²) in [5, 5.41) is 12.4. The Morgan fingerprint density at radius 3 is 2.67 bits per heavy atom. The Labute approximate surface area is 95.1 Å². The summed E-state index contributed by atoms with van der Waals surface area (Å²) in [4.78, 5) is 4.12. The minimum atomic E-state index is 0.350. The number of rotatable bonds is 4. The lowest BCUT2D eigenvalue weighted by Crippen LogP contribution is -2.17. The van der Waals surface area contributed by atoms with Crippen LogP contribution in [0.4, 0.5) is 5.82 Å². The minimum Gasteiger partial charge on any atom is -0.367 e. The van der Waals surface area contributed by atoms with E-state index >= 15 is 0 Å². The van der Waals surface area contributed by atoms with Crippen LogP contribution in [0.2, 0.25) is 5.15 Å². The van der Waals surface area contributed by atoms with Crippen LogP contribution in [0, 0.1) is 11.3 Å². The third-order valence-electron chi connectivity index (χ3n) is 2.26. The Bertz CT molecular complexity index is 367. The van der Waals surface area contributed by atoms with E-state index in [1.54, 1.807) is 12.1 Å². The number of nitrogens with zero attached hydrogens (tertiary/aromatic N) is 2. The van der Waals surface area contributed by atoms with Gasteiger partial charge in [-0.3, -0.25) is 0 Å². The van der Waals surface area contributed by atoms with E-state index in [1.807, 2.05) is 0 Å². The largest absolute Gasteiger partial charge is 0.367 e. The summed E-state index contributed by atoms with van der Waals surface area (Å²) in [6, 6.07) is 5.70. The maximum atomic E-state index is 8.77. The molecule has 0 aliphatic carbocycles.